The van der Waals surface area contributed by atoms with Gasteiger partial charge in [0.2, 0.25) is 0 Å². The second-order valence-electron chi connectivity index (χ2n) is 4.34. The third-order valence-electron chi connectivity index (χ3n) is 3.07. The summed E-state index contributed by atoms with van der Waals surface area (Å²) in [6, 6.07) is 12.9. The quantitative estimate of drug-likeness (QED) is 0.852. The van der Waals surface area contributed by atoms with Gasteiger partial charge in [0.05, 0.1) is 7.11 Å². The third-order valence-corrected chi connectivity index (χ3v) is 3.07. The standard InChI is InChI=1S/C16H17NO2/c1-11-9-13(7-8-15(11)19-3)16(18)12-5-4-6-14(10-12)17-2/h4-10,17H,1-3H3. The zero-order chi connectivity index (χ0) is 13.8. The maximum absolute atomic E-state index is 12.4. The Balaban J connectivity index is 2.35. The topological polar surface area (TPSA) is 38.3 Å². The predicted molar refractivity (Wildman–Crippen MR) is 77.2 cm³/mol. The molecule has 98 valence electrons. The van der Waals surface area contributed by atoms with Crippen LogP contribution in [0.15, 0.2) is 42.5 Å². The van der Waals surface area contributed by atoms with E-state index in [9.17, 15) is 4.79 Å². The first-order chi connectivity index (χ1) is 9.15. The molecule has 19 heavy (non-hydrogen) atoms. The minimum absolute atomic E-state index is 0.0165. The molecule has 0 aliphatic heterocycles. The van der Waals surface area contributed by atoms with E-state index in [2.05, 4.69) is 5.32 Å². The van der Waals surface area contributed by atoms with Crippen LogP contribution in [-0.4, -0.2) is 19.9 Å². The van der Waals surface area contributed by atoms with E-state index in [-0.39, 0.29) is 5.78 Å². The SMILES string of the molecule is CNc1cccc(C(=O)c2ccc(OC)c(C)c2)c1. The van der Waals surface area contributed by atoms with Crippen LogP contribution in [0.5, 0.6) is 5.75 Å². The van der Waals surface area contributed by atoms with E-state index >= 15 is 0 Å². The molecule has 3 heteroatoms. The van der Waals surface area contributed by atoms with Gasteiger partial charge in [-0.25, -0.2) is 0 Å². The number of anilines is 1. The number of benzene rings is 2. The van der Waals surface area contributed by atoms with Crippen molar-refractivity contribution in [2.45, 2.75) is 6.92 Å². The summed E-state index contributed by atoms with van der Waals surface area (Å²) in [7, 11) is 3.46. The van der Waals surface area contributed by atoms with Gasteiger partial charge in [0.1, 0.15) is 5.75 Å². The van der Waals surface area contributed by atoms with Gasteiger partial charge in [0, 0.05) is 23.9 Å². The molecule has 2 aromatic rings. The molecular formula is C16H17NO2. The molecule has 1 N–H and O–H groups in total. The predicted octanol–water partition coefficient (Wildman–Crippen LogP) is 3.28. The second kappa shape index (κ2) is 5.57. The van der Waals surface area contributed by atoms with Gasteiger partial charge in [-0.15, -0.1) is 0 Å². The van der Waals surface area contributed by atoms with Gasteiger partial charge in [-0.2, -0.15) is 0 Å². The summed E-state index contributed by atoms with van der Waals surface area (Å²) in [6.07, 6.45) is 0. The molecule has 0 saturated heterocycles. The molecule has 0 aliphatic carbocycles. The number of carbonyl (C=O) groups excluding carboxylic acids is 1. The molecule has 0 amide bonds. The van der Waals surface area contributed by atoms with Crippen molar-refractivity contribution >= 4 is 11.5 Å². The van der Waals surface area contributed by atoms with E-state index in [0.717, 1.165) is 17.0 Å². The fourth-order valence-corrected chi connectivity index (χ4v) is 2.00. The normalized spacial score (nSPS) is 10.1. The molecule has 0 bridgehead atoms. The van der Waals surface area contributed by atoms with Crippen molar-refractivity contribution in [3.05, 3.63) is 59.2 Å². The number of carbonyl (C=O) groups is 1. The van der Waals surface area contributed by atoms with Crippen molar-refractivity contribution in [3.63, 3.8) is 0 Å². The van der Waals surface area contributed by atoms with Crippen molar-refractivity contribution in [2.75, 3.05) is 19.5 Å². The van der Waals surface area contributed by atoms with Crippen molar-refractivity contribution in [3.8, 4) is 5.75 Å². The van der Waals surface area contributed by atoms with E-state index in [4.69, 9.17) is 4.74 Å². The molecule has 0 saturated carbocycles. The van der Waals surface area contributed by atoms with Crippen LogP contribution in [0.3, 0.4) is 0 Å². The summed E-state index contributed by atoms with van der Waals surface area (Å²) < 4.78 is 5.20. The lowest BCUT2D eigenvalue weighted by atomic mass is 10.0. The Bertz CT molecular complexity index is 605. The molecule has 3 nitrogen and oxygen atoms in total. The average molecular weight is 255 g/mol. The number of ketones is 1. The molecule has 0 heterocycles. The highest BCUT2D eigenvalue weighted by Gasteiger charge is 2.11. The Morgan fingerprint density at radius 2 is 1.84 bits per heavy atom. The van der Waals surface area contributed by atoms with Gasteiger partial charge in [0.25, 0.3) is 0 Å². The Morgan fingerprint density at radius 1 is 1.11 bits per heavy atom. The van der Waals surface area contributed by atoms with Crippen LogP contribution in [-0.2, 0) is 0 Å². The van der Waals surface area contributed by atoms with Gasteiger partial charge in [-0.05, 0) is 42.8 Å². The minimum atomic E-state index is 0.0165. The number of ether oxygens (including phenoxy) is 1. The van der Waals surface area contributed by atoms with Crippen molar-refractivity contribution in [1.82, 2.24) is 0 Å². The number of rotatable bonds is 4. The summed E-state index contributed by atoms with van der Waals surface area (Å²) in [5, 5.41) is 3.03. The monoisotopic (exact) mass is 255 g/mol. The molecule has 0 aromatic heterocycles. The molecule has 0 aliphatic rings. The lowest BCUT2D eigenvalue weighted by Crippen LogP contribution is -2.03. The fraction of sp³-hybridized carbons (Fsp3) is 0.188. The van der Waals surface area contributed by atoms with E-state index in [1.165, 1.54) is 0 Å². The average Bonchev–Trinajstić information content (AvgIpc) is 2.46. The van der Waals surface area contributed by atoms with Crippen molar-refractivity contribution < 1.29 is 9.53 Å². The molecule has 2 rings (SSSR count). The number of methoxy groups -OCH3 is 1. The van der Waals surface area contributed by atoms with Gasteiger partial charge < -0.3 is 10.1 Å². The van der Waals surface area contributed by atoms with Gasteiger partial charge in [-0.1, -0.05) is 12.1 Å². The van der Waals surface area contributed by atoms with Crippen LogP contribution >= 0.6 is 0 Å². The molecule has 0 spiro atoms. The minimum Gasteiger partial charge on any atom is -0.496 e. The Morgan fingerprint density at radius 3 is 2.47 bits per heavy atom. The smallest absolute Gasteiger partial charge is 0.193 e. The number of aryl methyl sites for hydroxylation is 1. The highest BCUT2D eigenvalue weighted by atomic mass is 16.5. The highest BCUT2D eigenvalue weighted by Crippen LogP contribution is 2.21. The zero-order valence-electron chi connectivity index (χ0n) is 11.4. The molecule has 0 unspecified atom stereocenters. The number of hydrogen-bond acceptors (Lipinski definition) is 3. The third kappa shape index (κ3) is 2.76. The number of hydrogen-bond donors (Lipinski definition) is 1. The largest absolute Gasteiger partial charge is 0.496 e. The lowest BCUT2D eigenvalue weighted by Gasteiger charge is -2.08. The Kier molecular flexibility index (Phi) is 3.85. The summed E-state index contributed by atoms with van der Waals surface area (Å²) in [4.78, 5) is 12.4. The fourth-order valence-electron chi connectivity index (χ4n) is 2.00. The lowest BCUT2D eigenvalue weighted by molar-refractivity contribution is 0.103. The van der Waals surface area contributed by atoms with E-state index in [1.54, 1.807) is 13.2 Å². The summed E-state index contributed by atoms with van der Waals surface area (Å²) >= 11 is 0. The van der Waals surface area contributed by atoms with Crippen LogP contribution < -0.4 is 10.1 Å². The van der Waals surface area contributed by atoms with Crippen LogP contribution in [0.2, 0.25) is 0 Å². The summed E-state index contributed by atoms with van der Waals surface area (Å²) in [6.45, 7) is 1.93. The van der Waals surface area contributed by atoms with E-state index < -0.39 is 0 Å². The second-order valence-corrected chi connectivity index (χ2v) is 4.34. The first kappa shape index (κ1) is 13.1. The Labute approximate surface area is 113 Å². The van der Waals surface area contributed by atoms with E-state index in [0.29, 0.717) is 11.1 Å². The molecule has 0 radical (unpaired) electrons. The Hall–Kier alpha value is -2.29. The molecular weight excluding hydrogens is 238 g/mol. The van der Waals surface area contributed by atoms with Gasteiger partial charge in [0.15, 0.2) is 5.78 Å². The van der Waals surface area contributed by atoms with Crippen LogP contribution in [0.4, 0.5) is 5.69 Å². The van der Waals surface area contributed by atoms with Crippen LogP contribution in [0, 0.1) is 6.92 Å². The van der Waals surface area contributed by atoms with E-state index in [1.807, 2.05) is 50.4 Å². The maximum atomic E-state index is 12.4. The zero-order valence-corrected chi connectivity index (χ0v) is 11.4. The highest BCUT2D eigenvalue weighted by molar-refractivity contribution is 6.09. The number of nitrogens with one attached hydrogen (secondary N) is 1. The first-order valence-electron chi connectivity index (χ1n) is 6.13. The molecule has 0 atom stereocenters. The summed E-state index contributed by atoms with van der Waals surface area (Å²) in [5.74, 6) is 0.809. The maximum Gasteiger partial charge on any atom is 0.193 e. The van der Waals surface area contributed by atoms with Gasteiger partial charge in [-0.3, -0.25) is 4.79 Å². The molecule has 2 aromatic carbocycles. The van der Waals surface area contributed by atoms with Crippen LogP contribution in [0.1, 0.15) is 21.5 Å². The van der Waals surface area contributed by atoms with Crippen LogP contribution in [0.25, 0.3) is 0 Å². The van der Waals surface area contributed by atoms with Crippen molar-refractivity contribution in [1.29, 1.82) is 0 Å². The summed E-state index contributed by atoms with van der Waals surface area (Å²) in [5.41, 5.74) is 3.23. The van der Waals surface area contributed by atoms with Gasteiger partial charge >= 0.3 is 0 Å². The van der Waals surface area contributed by atoms with Crippen molar-refractivity contribution in [2.24, 2.45) is 0 Å². The first-order valence-corrected chi connectivity index (χ1v) is 6.13. The molecule has 0 fully saturated rings.